The van der Waals surface area contributed by atoms with E-state index in [1.165, 1.54) is 24.6 Å². The highest BCUT2D eigenvalue weighted by molar-refractivity contribution is 6.05. The van der Waals surface area contributed by atoms with Gasteiger partial charge in [-0.05, 0) is 71.5 Å². The zero-order valence-electron chi connectivity index (χ0n) is 14.6. The molecule has 1 fully saturated rings. The molecule has 2 aliphatic rings. The van der Waals surface area contributed by atoms with Crippen molar-refractivity contribution in [2.75, 3.05) is 18.0 Å². The van der Waals surface area contributed by atoms with Crippen molar-refractivity contribution in [1.29, 1.82) is 5.41 Å². The van der Waals surface area contributed by atoms with Gasteiger partial charge in [0.25, 0.3) is 0 Å². The average Bonchev–Trinajstić information content (AvgIpc) is 3.19. The molecule has 0 aromatic heterocycles. The van der Waals surface area contributed by atoms with Gasteiger partial charge in [-0.3, -0.25) is 0 Å². The first-order valence-corrected chi connectivity index (χ1v) is 9.01. The van der Waals surface area contributed by atoms with Gasteiger partial charge in [0, 0.05) is 18.8 Å². The van der Waals surface area contributed by atoms with E-state index in [9.17, 15) is 4.39 Å². The van der Waals surface area contributed by atoms with Gasteiger partial charge < -0.3 is 10.3 Å². The summed E-state index contributed by atoms with van der Waals surface area (Å²) in [5, 5.41) is 7.72. The van der Waals surface area contributed by atoms with Crippen molar-refractivity contribution < 1.29 is 4.39 Å². The molecule has 130 valence electrons. The molecule has 1 N–H and O–H groups in total. The van der Waals surface area contributed by atoms with Gasteiger partial charge in [0.05, 0.1) is 5.71 Å². The third kappa shape index (κ3) is 3.38. The van der Waals surface area contributed by atoms with Crippen LogP contribution in [0, 0.1) is 11.2 Å². The van der Waals surface area contributed by atoms with Gasteiger partial charge in [-0.1, -0.05) is 36.4 Å². The molecule has 2 aromatic carbocycles. The fraction of sp³-hybridized carbons (Fsp3) is 0.174. The maximum atomic E-state index is 13.8. The van der Waals surface area contributed by atoms with Crippen molar-refractivity contribution in [3.8, 4) is 0 Å². The molecule has 1 aliphatic heterocycles. The summed E-state index contributed by atoms with van der Waals surface area (Å²) in [6, 6.07) is 15.2. The molecule has 0 atom stereocenters. The fourth-order valence-electron chi connectivity index (χ4n) is 3.60. The first-order chi connectivity index (χ1) is 12.7. The lowest BCUT2D eigenvalue weighted by atomic mass is 9.90. The number of hydrogen-bond acceptors (Lipinski definition) is 2. The van der Waals surface area contributed by atoms with Crippen LogP contribution in [0.1, 0.15) is 24.0 Å². The van der Waals surface area contributed by atoms with Crippen molar-refractivity contribution in [2.24, 2.45) is 0 Å². The quantitative estimate of drug-likeness (QED) is 0.796. The minimum Gasteiger partial charge on any atom is -0.372 e. The number of allylic oxidation sites excluding steroid dienone is 5. The Hall–Kier alpha value is -2.94. The van der Waals surface area contributed by atoms with Crippen LogP contribution in [-0.4, -0.2) is 18.8 Å². The maximum Gasteiger partial charge on any atom is 0.123 e. The van der Waals surface area contributed by atoms with Crippen molar-refractivity contribution in [1.82, 2.24) is 0 Å². The van der Waals surface area contributed by atoms with Crippen LogP contribution >= 0.6 is 0 Å². The molecule has 0 bridgehead atoms. The van der Waals surface area contributed by atoms with E-state index in [2.05, 4.69) is 29.2 Å². The standard InChI is InChI=1S/C23H21FN2/c24-20-5-3-4-19(16-20)23(17-6-10-21(25)11-7-17)18-8-12-22(13-9-18)26-14-1-2-15-26/h3-13,16,25H,1-2,14-15H2. The van der Waals surface area contributed by atoms with Crippen LogP contribution in [0.2, 0.25) is 0 Å². The van der Waals surface area contributed by atoms with Crippen molar-refractivity contribution in [2.45, 2.75) is 12.8 Å². The van der Waals surface area contributed by atoms with E-state index >= 15 is 0 Å². The van der Waals surface area contributed by atoms with E-state index in [1.807, 2.05) is 18.2 Å². The molecule has 0 amide bonds. The molecule has 0 radical (unpaired) electrons. The second kappa shape index (κ2) is 7.12. The second-order valence-corrected chi connectivity index (χ2v) is 6.70. The molecule has 0 spiro atoms. The highest BCUT2D eigenvalue weighted by atomic mass is 19.1. The highest BCUT2D eigenvalue weighted by Crippen LogP contribution is 2.31. The Bertz CT molecular complexity index is 895. The third-order valence-electron chi connectivity index (χ3n) is 4.91. The predicted molar refractivity (Wildman–Crippen MR) is 106 cm³/mol. The molecule has 4 rings (SSSR count). The van der Waals surface area contributed by atoms with Gasteiger partial charge >= 0.3 is 0 Å². The van der Waals surface area contributed by atoms with Crippen LogP contribution in [0.3, 0.4) is 0 Å². The molecule has 1 aliphatic carbocycles. The summed E-state index contributed by atoms with van der Waals surface area (Å²) in [7, 11) is 0. The van der Waals surface area contributed by atoms with Crippen LogP contribution in [0.25, 0.3) is 5.57 Å². The van der Waals surface area contributed by atoms with Crippen molar-refractivity contribution >= 4 is 17.0 Å². The number of rotatable bonds is 3. The molecule has 0 unspecified atom stereocenters. The van der Waals surface area contributed by atoms with Gasteiger partial charge in [-0.25, -0.2) is 4.39 Å². The Balaban J connectivity index is 1.78. The van der Waals surface area contributed by atoms with Gasteiger partial charge in [0.15, 0.2) is 0 Å². The van der Waals surface area contributed by atoms with Gasteiger partial charge in [0.1, 0.15) is 5.82 Å². The Morgan fingerprint density at radius 1 is 0.846 bits per heavy atom. The molecule has 3 heteroatoms. The second-order valence-electron chi connectivity index (χ2n) is 6.70. The van der Waals surface area contributed by atoms with Gasteiger partial charge in [-0.15, -0.1) is 0 Å². The van der Waals surface area contributed by atoms with E-state index in [1.54, 1.807) is 24.3 Å². The van der Waals surface area contributed by atoms with Crippen LogP contribution in [0.15, 0.2) is 78.4 Å². The Labute approximate surface area is 153 Å². The van der Waals surface area contributed by atoms with Crippen molar-refractivity contribution in [3.63, 3.8) is 0 Å². The van der Waals surface area contributed by atoms with Gasteiger partial charge in [-0.2, -0.15) is 0 Å². The zero-order valence-corrected chi connectivity index (χ0v) is 14.6. The molecule has 0 saturated carbocycles. The summed E-state index contributed by atoms with van der Waals surface area (Å²) >= 11 is 0. The molecule has 2 nitrogen and oxygen atoms in total. The Morgan fingerprint density at radius 2 is 1.54 bits per heavy atom. The lowest BCUT2D eigenvalue weighted by molar-refractivity contribution is 0.627. The topological polar surface area (TPSA) is 27.1 Å². The molecule has 1 heterocycles. The summed E-state index contributed by atoms with van der Waals surface area (Å²) in [5.41, 5.74) is 5.58. The number of nitrogens with zero attached hydrogens (tertiary/aromatic N) is 1. The SMILES string of the molecule is N=C1C=CC(=C(c2ccc(N3CCCC3)cc2)c2cccc(F)c2)C=C1. The molecular formula is C23H21FN2. The number of halogens is 1. The van der Waals surface area contributed by atoms with Crippen LogP contribution in [0.5, 0.6) is 0 Å². The van der Waals surface area contributed by atoms with E-state index in [-0.39, 0.29) is 5.82 Å². The highest BCUT2D eigenvalue weighted by Gasteiger charge is 2.15. The maximum absolute atomic E-state index is 13.8. The van der Waals surface area contributed by atoms with E-state index in [0.29, 0.717) is 5.71 Å². The smallest absolute Gasteiger partial charge is 0.123 e. The third-order valence-corrected chi connectivity index (χ3v) is 4.91. The summed E-state index contributed by atoms with van der Waals surface area (Å²) in [6.45, 7) is 2.23. The number of anilines is 1. The molecule has 2 aromatic rings. The summed E-state index contributed by atoms with van der Waals surface area (Å²) in [6.07, 6.45) is 9.90. The molecular weight excluding hydrogens is 323 g/mol. The van der Waals surface area contributed by atoms with Crippen LogP contribution < -0.4 is 4.90 Å². The Kier molecular flexibility index (Phi) is 4.53. The van der Waals surface area contributed by atoms with Gasteiger partial charge in [0.2, 0.25) is 0 Å². The summed E-state index contributed by atoms with van der Waals surface area (Å²) in [5.74, 6) is -0.245. The first kappa shape index (κ1) is 16.5. The lowest BCUT2D eigenvalue weighted by Crippen LogP contribution is -2.17. The monoisotopic (exact) mass is 344 g/mol. The minimum absolute atomic E-state index is 0.245. The van der Waals surface area contributed by atoms with E-state index in [4.69, 9.17) is 5.41 Å². The summed E-state index contributed by atoms with van der Waals surface area (Å²) in [4.78, 5) is 2.40. The van der Waals surface area contributed by atoms with Crippen LogP contribution in [-0.2, 0) is 0 Å². The minimum atomic E-state index is -0.245. The average molecular weight is 344 g/mol. The van der Waals surface area contributed by atoms with E-state index in [0.717, 1.165) is 35.4 Å². The largest absolute Gasteiger partial charge is 0.372 e. The summed E-state index contributed by atoms with van der Waals surface area (Å²) < 4.78 is 13.8. The van der Waals surface area contributed by atoms with Crippen molar-refractivity contribution in [3.05, 3.63) is 95.4 Å². The fourth-order valence-corrected chi connectivity index (χ4v) is 3.60. The zero-order chi connectivity index (χ0) is 17.9. The number of benzene rings is 2. The lowest BCUT2D eigenvalue weighted by Gasteiger charge is -2.19. The molecule has 26 heavy (non-hydrogen) atoms. The molecule has 1 saturated heterocycles. The first-order valence-electron chi connectivity index (χ1n) is 9.01. The van der Waals surface area contributed by atoms with Crippen LogP contribution in [0.4, 0.5) is 10.1 Å². The number of nitrogens with one attached hydrogen (secondary N) is 1. The number of hydrogen-bond donors (Lipinski definition) is 1. The Morgan fingerprint density at radius 3 is 2.19 bits per heavy atom. The predicted octanol–water partition coefficient (Wildman–Crippen LogP) is 5.37. The van der Waals surface area contributed by atoms with E-state index < -0.39 is 0 Å². The normalized spacial score (nSPS) is 16.4.